The van der Waals surface area contributed by atoms with Crippen LogP contribution in [0.25, 0.3) is 10.8 Å². The summed E-state index contributed by atoms with van der Waals surface area (Å²) in [4.78, 5) is 0. The molecule has 0 bridgehead atoms. The van der Waals surface area contributed by atoms with Gasteiger partial charge in [-0.25, -0.2) is 0 Å². The van der Waals surface area contributed by atoms with Crippen molar-refractivity contribution in [2.45, 2.75) is 78.6 Å². The van der Waals surface area contributed by atoms with Gasteiger partial charge in [0.2, 0.25) is 0 Å². The largest absolute Gasteiger partial charge is 0.493 e. The summed E-state index contributed by atoms with van der Waals surface area (Å²) in [5.41, 5.74) is 1.25. The van der Waals surface area contributed by atoms with Crippen LogP contribution in [0.1, 0.15) is 77.7 Å². The molecular weight excluding hydrogens is 424 g/mol. The molecule has 0 aliphatic heterocycles. The van der Waals surface area contributed by atoms with E-state index in [9.17, 15) is 0 Å². The molecule has 0 aliphatic rings. The highest BCUT2D eigenvalue weighted by atomic mass is 79.9. The number of rotatable bonds is 15. The Bertz CT molecular complexity index is 713. The van der Waals surface area contributed by atoms with Crippen molar-refractivity contribution >= 4 is 26.7 Å². The van der Waals surface area contributed by atoms with Crippen LogP contribution < -0.4 is 9.47 Å². The number of halogens is 1. The third-order valence-corrected chi connectivity index (χ3v) is 6.27. The van der Waals surface area contributed by atoms with Crippen molar-refractivity contribution in [1.82, 2.24) is 0 Å². The molecule has 29 heavy (non-hydrogen) atoms. The Kier molecular flexibility index (Phi) is 11.5. The Labute approximate surface area is 186 Å². The molecule has 2 aromatic rings. The van der Waals surface area contributed by atoms with Gasteiger partial charge < -0.3 is 9.47 Å². The minimum absolute atomic E-state index is 0.633. The maximum Gasteiger partial charge on any atom is 0.130 e. The van der Waals surface area contributed by atoms with E-state index < -0.39 is 0 Å². The normalized spacial score (nSPS) is 12.3. The van der Waals surface area contributed by atoms with Gasteiger partial charge in [-0.2, -0.15) is 0 Å². The molecule has 1 atom stereocenters. The standard InChI is InChI=1S/C26H39BrO2/c1-4-7-14-21(5-2)20-29-26-22(6-3)19-25(23-15-10-11-16-24(23)26)28-18-13-9-8-12-17-27/h10-11,15-16,19,21H,4-9,12-14,17-18,20H2,1-3H3. The van der Waals surface area contributed by atoms with Gasteiger partial charge in [-0.15, -0.1) is 0 Å². The van der Waals surface area contributed by atoms with Gasteiger partial charge >= 0.3 is 0 Å². The van der Waals surface area contributed by atoms with Gasteiger partial charge in [0, 0.05) is 16.1 Å². The maximum absolute atomic E-state index is 6.46. The molecule has 1 unspecified atom stereocenters. The van der Waals surface area contributed by atoms with Gasteiger partial charge in [-0.1, -0.05) is 93.1 Å². The van der Waals surface area contributed by atoms with Crippen LogP contribution in [0, 0.1) is 5.92 Å². The lowest BCUT2D eigenvalue weighted by Gasteiger charge is -2.20. The number of fused-ring (bicyclic) bond motifs is 1. The minimum atomic E-state index is 0.633. The molecule has 0 saturated carbocycles. The van der Waals surface area contributed by atoms with Crippen molar-refractivity contribution in [2.75, 3.05) is 18.5 Å². The highest BCUT2D eigenvalue weighted by Crippen LogP contribution is 2.37. The van der Waals surface area contributed by atoms with Crippen molar-refractivity contribution in [2.24, 2.45) is 5.92 Å². The van der Waals surface area contributed by atoms with Crippen molar-refractivity contribution in [1.29, 1.82) is 0 Å². The summed E-state index contributed by atoms with van der Waals surface area (Å²) >= 11 is 3.50. The first-order valence-electron chi connectivity index (χ1n) is 11.6. The summed E-state index contributed by atoms with van der Waals surface area (Å²) in [7, 11) is 0. The van der Waals surface area contributed by atoms with Gasteiger partial charge in [0.15, 0.2) is 0 Å². The summed E-state index contributed by atoms with van der Waals surface area (Å²) < 4.78 is 12.7. The number of hydrogen-bond donors (Lipinski definition) is 0. The first kappa shape index (κ1) is 24.1. The Balaban J connectivity index is 2.15. The topological polar surface area (TPSA) is 18.5 Å². The summed E-state index contributed by atoms with van der Waals surface area (Å²) in [5.74, 6) is 2.69. The fraction of sp³-hybridized carbons (Fsp3) is 0.615. The van der Waals surface area contributed by atoms with E-state index in [0.717, 1.165) is 42.9 Å². The molecule has 0 saturated heterocycles. The minimum Gasteiger partial charge on any atom is -0.493 e. The van der Waals surface area contributed by atoms with E-state index in [1.807, 2.05) is 0 Å². The van der Waals surface area contributed by atoms with E-state index in [2.05, 4.69) is 67.0 Å². The number of ether oxygens (including phenoxy) is 2. The quantitative estimate of drug-likeness (QED) is 0.195. The van der Waals surface area contributed by atoms with Crippen LogP contribution >= 0.6 is 15.9 Å². The Morgan fingerprint density at radius 3 is 2.34 bits per heavy atom. The van der Waals surface area contributed by atoms with Gasteiger partial charge in [0.05, 0.1) is 13.2 Å². The molecular formula is C26H39BrO2. The smallest absolute Gasteiger partial charge is 0.130 e. The molecule has 0 heterocycles. The third kappa shape index (κ3) is 7.51. The average Bonchev–Trinajstić information content (AvgIpc) is 2.76. The van der Waals surface area contributed by atoms with E-state index in [-0.39, 0.29) is 0 Å². The number of hydrogen-bond acceptors (Lipinski definition) is 2. The van der Waals surface area contributed by atoms with Gasteiger partial charge in [0.1, 0.15) is 11.5 Å². The summed E-state index contributed by atoms with van der Waals surface area (Å²) in [5, 5.41) is 3.45. The van der Waals surface area contributed by atoms with Crippen LogP contribution in [0.2, 0.25) is 0 Å². The first-order chi connectivity index (χ1) is 14.2. The first-order valence-corrected chi connectivity index (χ1v) is 12.7. The molecule has 3 heteroatoms. The Hall–Kier alpha value is -1.22. The van der Waals surface area contributed by atoms with Crippen molar-refractivity contribution in [3.63, 3.8) is 0 Å². The second-order valence-electron chi connectivity index (χ2n) is 7.94. The molecule has 0 radical (unpaired) electrons. The highest BCUT2D eigenvalue weighted by molar-refractivity contribution is 9.09. The van der Waals surface area contributed by atoms with Gasteiger partial charge in [-0.05, 0) is 43.2 Å². The zero-order valence-corrected chi connectivity index (χ0v) is 20.2. The second-order valence-corrected chi connectivity index (χ2v) is 8.73. The molecule has 0 N–H and O–H groups in total. The van der Waals surface area contributed by atoms with E-state index in [0.29, 0.717) is 5.92 Å². The molecule has 0 aromatic heterocycles. The Morgan fingerprint density at radius 2 is 1.66 bits per heavy atom. The average molecular weight is 464 g/mol. The zero-order chi connectivity index (χ0) is 20.9. The van der Waals surface area contributed by atoms with Crippen LogP contribution in [0.5, 0.6) is 11.5 Å². The van der Waals surface area contributed by atoms with E-state index in [1.54, 1.807) is 0 Å². The van der Waals surface area contributed by atoms with Crippen LogP contribution in [0.3, 0.4) is 0 Å². The number of alkyl halides is 1. The van der Waals surface area contributed by atoms with Crippen molar-refractivity contribution < 1.29 is 9.47 Å². The van der Waals surface area contributed by atoms with Crippen LogP contribution in [0.4, 0.5) is 0 Å². The van der Waals surface area contributed by atoms with E-state index in [1.165, 1.54) is 61.3 Å². The monoisotopic (exact) mass is 462 g/mol. The molecule has 0 amide bonds. The van der Waals surface area contributed by atoms with E-state index >= 15 is 0 Å². The molecule has 2 rings (SSSR count). The Morgan fingerprint density at radius 1 is 0.897 bits per heavy atom. The van der Waals surface area contributed by atoms with Gasteiger partial charge in [-0.3, -0.25) is 0 Å². The summed E-state index contributed by atoms with van der Waals surface area (Å²) in [6.07, 6.45) is 10.8. The summed E-state index contributed by atoms with van der Waals surface area (Å²) in [6, 6.07) is 10.8. The molecule has 162 valence electrons. The fourth-order valence-corrected chi connectivity index (χ4v) is 4.15. The molecule has 2 nitrogen and oxygen atoms in total. The molecule has 0 aliphatic carbocycles. The van der Waals surface area contributed by atoms with Crippen molar-refractivity contribution in [3.8, 4) is 11.5 Å². The van der Waals surface area contributed by atoms with Crippen LogP contribution in [0.15, 0.2) is 30.3 Å². The molecule has 0 fully saturated rings. The highest BCUT2D eigenvalue weighted by Gasteiger charge is 2.15. The fourth-order valence-electron chi connectivity index (χ4n) is 3.75. The lowest BCUT2D eigenvalue weighted by Crippen LogP contribution is -2.12. The number of aryl methyl sites for hydroxylation is 1. The number of benzene rings is 2. The second kappa shape index (κ2) is 13.9. The maximum atomic E-state index is 6.46. The predicted octanol–water partition coefficient (Wildman–Crippen LogP) is 8.33. The van der Waals surface area contributed by atoms with Crippen molar-refractivity contribution in [3.05, 3.63) is 35.9 Å². The van der Waals surface area contributed by atoms with Crippen LogP contribution in [-0.4, -0.2) is 18.5 Å². The molecule has 2 aromatic carbocycles. The third-order valence-electron chi connectivity index (χ3n) is 5.71. The summed E-state index contributed by atoms with van der Waals surface area (Å²) in [6.45, 7) is 8.33. The van der Waals surface area contributed by atoms with E-state index in [4.69, 9.17) is 9.47 Å². The van der Waals surface area contributed by atoms with Gasteiger partial charge in [0.25, 0.3) is 0 Å². The molecule has 0 spiro atoms. The lowest BCUT2D eigenvalue weighted by atomic mass is 9.99. The zero-order valence-electron chi connectivity index (χ0n) is 18.6. The lowest BCUT2D eigenvalue weighted by molar-refractivity contribution is 0.233. The predicted molar refractivity (Wildman–Crippen MR) is 130 cm³/mol. The van der Waals surface area contributed by atoms with Crippen LogP contribution in [-0.2, 0) is 6.42 Å². The SMILES string of the molecule is CCCCC(CC)COc1c(CC)cc(OCCCCCCBr)c2ccccc12. The number of unbranched alkanes of at least 4 members (excludes halogenated alkanes) is 4.